The van der Waals surface area contributed by atoms with Gasteiger partial charge in [-0.15, -0.1) is 10.2 Å². The largest absolute Gasteiger partial charge is 0.461 e. The molecule has 9 nitrogen and oxygen atoms in total. The number of hydrogen-bond donors (Lipinski definition) is 1. The van der Waals surface area contributed by atoms with E-state index in [1.807, 2.05) is 17.6 Å². The average molecular weight is 411 g/mol. The minimum Gasteiger partial charge on any atom is -0.461 e. The van der Waals surface area contributed by atoms with Crippen molar-refractivity contribution in [2.45, 2.75) is 18.6 Å². The predicted molar refractivity (Wildman–Crippen MR) is 105 cm³/mol. The molecule has 0 aliphatic carbocycles. The van der Waals surface area contributed by atoms with Gasteiger partial charge in [-0.2, -0.15) is 5.26 Å². The van der Waals surface area contributed by atoms with Crippen LogP contribution in [0.15, 0.2) is 52.2 Å². The number of carbonyl (C=O) groups excluding carboxylic acids is 2. The number of benzene rings is 1. The van der Waals surface area contributed by atoms with Crippen molar-refractivity contribution in [2.24, 2.45) is 0 Å². The van der Waals surface area contributed by atoms with Gasteiger partial charge in [-0.05, 0) is 37.3 Å². The smallest absolute Gasteiger partial charge is 0.316 e. The highest BCUT2D eigenvalue weighted by atomic mass is 32.2. The summed E-state index contributed by atoms with van der Waals surface area (Å²) in [6.45, 7) is 2.11. The van der Waals surface area contributed by atoms with Crippen molar-refractivity contribution in [2.75, 3.05) is 17.7 Å². The molecule has 1 aromatic carbocycles. The molecule has 0 atom stereocenters. The topological polar surface area (TPSA) is 123 Å². The molecule has 0 fully saturated rings. The maximum absolute atomic E-state index is 12.0. The first-order valence-corrected chi connectivity index (χ1v) is 9.64. The molecule has 0 spiro atoms. The maximum atomic E-state index is 12.0. The van der Waals surface area contributed by atoms with Crippen molar-refractivity contribution in [1.82, 2.24) is 14.8 Å². The van der Waals surface area contributed by atoms with Crippen LogP contribution in [-0.4, -0.2) is 39.0 Å². The molecule has 2 aromatic heterocycles. The summed E-state index contributed by atoms with van der Waals surface area (Å²) < 4.78 is 12.2. The first kappa shape index (κ1) is 20.2. The van der Waals surface area contributed by atoms with Gasteiger partial charge in [0.1, 0.15) is 0 Å². The van der Waals surface area contributed by atoms with Gasteiger partial charge in [0, 0.05) is 12.2 Å². The second kappa shape index (κ2) is 9.57. The highest BCUT2D eigenvalue weighted by molar-refractivity contribution is 7.99. The number of anilines is 1. The van der Waals surface area contributed by atoms with Crippen LogP contribution in [0.4, 0.5) is 5.69 Å². The molecule has 3 rings (SSSR count). The molecule has 148 valence electrons. The molecule has 0 saturated heterocycles. The zero-order valence-electron chi connectivity index (χ0n) is 15.5. The van der Waals surface area contributed by atoms with Crippen LogP contribution >= 0.6 is 11.8 Å². The number of ether oxygens (including phenoxy) is 1. The molecule has 3 aromatic rings. The lowest BCUT2D eigenvalue weighted by Crippen LogP contribution is -2.21. The molecule has 0 aliphatic rings. The summed E-state index contributed by atoms with van der Waals surface area (Å²) in [5.41, 5.74) is 0.881. The van der Waals surface area contributed by atoms with E-state index in [0.29, 0.717) is 34.5 Å². The molecule has 29 heavy (non-hydrogen) atoms. The molecular weight excluding hydrogens is 394 g/mol. The number of nitriles is 1. The van der Waals surface area contributed by atoms with Crippen molar-refractivity contribution in [1.29, 1.82) is 5.26 Å². The standard InChI is InChI=1S/C19H17N5O4S/c1-2-24-18(15-7-4-8-27-15)22-23-19(24)29-12-17(26)28-11-16(25)21-14-6-3-5-13(9-14)10-20/h3-9H,2,11-12H2,1H3,(H,21,25). The van der Waals surface area contributed by atoms with Gasteiger partial charge in [0.2, 0.25) is 0 Å². The lowest BCUT2D eigenvalue weighted by Gasteiger charge is -2.07. The molecule has 0 radical (unpaired) electrons. The molecule has 2 heterocycles. The number of hydrogen-bond acceptors (Lipinski definition) is 8. The van der Waals surface area contributed by atoms with E-state index in [0.717, 1.165) is 11.8 Å². The van der Waals surface area contributed by atoms with Crippen molar-refractivity contribution in [3.63, 3.8) is 0 Å². The third-order valence-electron chi connectivity index (χ3n) is 3.73. The van der Waals surface area contributed by atoms with Gasteiger partial charge >= 0.3 is 5.97 Å². The van der Waals surface area contributed by atoms with E-state index in [4.69, 9.17) is 14.4 Å². The Labute approximate surface area is 170 Å². The highest BCUT2D eigenvalue weighted by Gasteiger charge is 2.17. The van der Waals surface area contributed by atoms with Gasteiger partial charge in [0.25, 0.3) is 5.91 Å². The number of esters is 1. The molecule has 1 N–H and O–H groups in total. The molecule has 10 heteroatoms. The van der Waals surface area contributed by atoms with Gasteiger partial charge in [-0.3, -0.25) is 14.2 Å². The molecule has 1 amide bonds. The van der Waals surface area contributed by atoms with Crippen LogP contribution in [0.25, 0.3) is 11.6 Å². The molecule has 0 bridgehead atoms. The number of nitrogens with zero attached hydrogens (tertiary/aromatic N) is 4. The fraction of sp³-hybridized carbons (Fsp3) is 0.211. The quantitative estimate of drug-likeness (QED) is 0.443. The van der Waals surface area contributed by atoms with E-state index in [1.54, 1.807) is 36.6 Å². The zero-order chi connectivity index (χ0) is 20.6. The summed E-state index contributed by atoms with van der Waals surface area (Å²) in [6, 6.07) is 12.0. The summed E-state index contributed by atoms with van der Waals surface area (Å²) in [5.74, 6) is 0.0997. The second-order valence-electron chi connectivity index (χ2n) is 5.72. The fourth-order valence-corrected chi connectivity index (χ4v) is 3.24. The Morgan fingerprint density at radius 3 is 2.90 bits per heavy atom. The van der Waals surface area contributed by atoms with E-state index in [2.05, 4.69) is 15.5 Å². The Morgan fingerprint density at radius 1 is 1.31 bits per heavy atom. The van der Waals surface area contributed by atoms with Gasteiger partial charge in [0.15, 0.2) is 23.3 Å². The lowest BCUT2D eigenvalue weighted by molar-refractivity contribution is -0.144. The van der Waals surface area contributed by atoms with Crippen LogP contribution in [0.5, 0.6) is 0 Å². The normalized spacial score (nSPS) is 10.3. The number of furan rings is 1. The van der Waals surface area contributed by atoms with Crippen LogP contribution in [0, 0.1) is 11.3 Å². The number of aromatic nitrogens is 3. The minimum atomic E-state index is -0.555. The van der Waals surface area contributed by atoms with E-state index in [9.17, 15) is 9.59 Å². The summed E-state index contributed by atoms with van der Waals surface area (Å²) in [7, 11) is 0. The Kier molecular flexibility index (Phi) is 6.65. The van der Waals surface area contributed by atoms with E-state index in [-0.39, 0.29) is 5.75 Å². The van der Waals surface area contributed by atoms with Gasteiger partial charge < -0.3 is 14.5 Å². The monoisotopic (exact) mass is 411 g/mol. The van der Waals surface area contributed by atoms with Crippen LogP contribution in [0.2, 0.25) is 0 Å². The van der Waals surface area contributed by atoms with Crippen LogP contribution < -0.4 is 5.32 Å². The van der Waals surface area contributed by atoms with E-state index in [1.165, 1.54) is 6.07 Å². The van der Waals surface area contributed by atoms with E-state index >= 15 is 0 Å². The third-order valence-corrected chi connectivity index (χ3v) is 4.67. The Balaban J connectivity index is 1.49. The van der Waals surface area contributed by atoms with Gasteiger partial charge in [0.05, 0.1) is 23.6 Å². The summed E-state index contributed by atoms with van der Waals surface area (Å²) in [4.78, 5) is 23.9. The average Bonchev–Trinajstić information content (AvgIpc) is 3.40. The number of rotatable bonds is 8. The molecule has 0 unspecified atom stereocenters. The summed E-state index contributed by atoms with van der Waals surface area (Å²) in [6.07, 6.45) is 1.55. The van der Waals surface area contributed by atoms with Crippen molar-refractivity contribution in [3.8, 4) is 17.7 Å². The fourth-order valence-electron chi connectivity index (χ4n) is 2.44. The number of thioether (sulfide) groups is 1. The highest BCUT2D eigenvalue weighted by Crippen LogP contribution is 2.24. The van der Waals surface area contributed by atoms with Crippen LogP contribution in [-0.2, 0) is 20.9 Å². The lowest BCUT2D eigenvalue weighted by atomic mass is 10.2. The Morgan fingerprint density at radius 2 is 2.17 bits per heavy atom. The third kappa shape index (κ3) is 5.24. The first-order chi connectivity index (χ1) is 14.1. The maximum Gasteiger partial charge on any atom is 0.316 e. The number of amides is 1. The van der Waals surface area contributed by atoms with Crippen molar-refractivity contribution >= 4 is 29.3 Å². The number of nitrogens with one attached hydrogen (secondary N) is 1. The molecule has 0 saturated carbocycles. The van der Waals surface area contributed by atoms with Crippen molar-refractivity contribution < 1.29 is 18.7 Å². The number of carbonyl (C=O) groups is 2. The zero-order valence-corrected chi connectivity index (χ0v) is 16.3. The summed E-state index contributed by atoms with van der Waals surface area (Å²) in [5, 5.41) is 20.2. The van der Waals surface area contributed by atoms with Crippen LogP contribution in [0.3, 0.4) is 0 Å². The van der Waals surface area contributed by atoms with Crippen LogP contribution in [0.1, 0.15) is 12.5 Å². The van der Waals surface area contributed by atoms with E-state index < -0.39 is 18.5 Å². The minimum absolute atomic E-state index is 0.0204. The van der Waals surface area contributed by atoms with Gasteiger partial charge in [-0.25, -0.2) is 0 Å². The Hall–Kier alpha value is -3.58. The molecular formula is C19H17N5O4S. The second-order valence-corrected chi connectivity index (χ2v) is 6.66. The predicted octanol–water partition coefficient (Wildman–Crippen LogP) is 2.70. The first-order valence-electron chi connectivity index (χ1n) is 8.66. The van der Waals surface area contributed by atoms with Gasteiger partial charge in [-0.1, -0.05) is 17.8 Å². The summed E-state index contributed by atoms with van der Waals surface area (Å²) >= 11 is 1.16. The molecule has 0 aliphatic heterocycles. The SMILES string of the molecule is CCn1c(SCC(=O)OCC(=O)Nc2cccc(C#N)c2)nnc1-c1ccco1. The Bertz CT molecular complexity index is 1040. The van der Waals surface area contributed by atoms with Crippen molar-refractivity contribution in [3.05, 3.63) is 48.2 Å².